The van der Waals surface area contributed by atoms with Gasteiger partial charge in [0.25, 0.3) is 0 Å². The van der Waals surface area contributed by atoms with Crippen molar-refractivity contribution < 1.29 is 9.31 Å². The van der Waals surface area contributed by atoms with Crippen LogP contribution in [-0.2, 0) is 0 Å². The highest BCUT2D eigenvalue weighted by Crippen LogP contribution is 2.24. The minimum Gasteiger partial charge on any atom is -0.369 e. The number of nitrogens with two attached hydrogens (primary N) is 1. The molecule has 2 heterocycles. The van der Waals surface area contributed by atoms with Gasteiger partial charge in [-0.25, -0.2) is 9.37 Å². The second-order valence-electron chi connectivity index (χ2n) is 5.52. The van der Waals surface area contributed by atoms with Gasteiger partial charge in [-0.2, -0.15) is 4.99 Å². The number of nitrogens with zero attached hydrogens (tertiary/aromatic N) is 5. The third-order valence-corrected chi connectivity index (χ3v) is 3.98. The predicted molar refractivity (Wildman–Crippen MR) is 92.4 cm³/mol. The van der Waals surface area contributed by atoms with Gasteiger partial charge in [-0.3, -0.25) is 10.1 Å². The fraction of sp³-hybridized carbons (Fsp3) is 0.250. The van der Waals surface area contributed by atoms with Crippen LogP contribution in [0.25, 0.3) is 0 Å². The summed E-state index contributed by atoms with van der Waals surface area (Å²) in [4.78, 5) is 22.5. The van der Waals surface area contributed by atoms with Crippen molar-refractivity contribution in [2.24, 2.45) is 10.7 Å². The van der Waals surface area contributed by atoms with Gasteiger partial charge in [-0.1, -0.05) is 0 Å². The molecular formula is C16H17FN6O2. The SMILES string of the molecule is N/C(=N\c1ncccc1[N+](=O)[O-])N1CCN(c2ccc(F)cc2)CC1. The van der Waals surface area contributed by atoms with Crippen LogP contribution in [0.4, 0.5) is 21.6 Å². The maximum Gasteiger partial charge on any atom is 0.313 e. The second kappa shape index (κ2) is 7.12. The Morgan fingerprint density at radius 2 is 1.88 bits per heavy atom. The number of guanidine groups is 1. The van der Waals surface area contributed by atoms with Crippen LogP contribution in [0.15, 0.2) is 47.6 Å². The fourth-order valence-electron chi connectivity index (χ4n) is 2.64. The Labute approximate surface area is 143 Å². The van der Waals surface area contributed by atoms with Gasteiger partial charge in [0.15, 0.2) is 5.96 Å². The van der Waals surface area contributed by atoms with Crippen molar-refractivity contribution in [2.45, 2.75) is 0 Å². The quantitative estimate of drug-likeness (QED) is 0.395. The summed E-state index contributed by atoms with van der Waals surface area (Å²) in [7, 11) is 0. The number of halogens is 1. The number of rotatable bonds is 3. The lowest BCUT2D eigenvalue weighted by molar-refractivity contribution is -0.384. The molecule has 130 valence electrons. The van der Waals surface area contributed by atoms with Gasteiger partial charge >= 0.3 is 5.69 Å². The summed E-state index contributed by atoms with van der Waals surface area (Å²) in [5, 5.41) is 11.0. The lowest BCUT2D eigenvalue weighted by Crippen LogP contribution is -2.51. The number of nitro groups is 1. The van der Waals surface area contributed by atoms with Crippen molar-refractivity contribution in [1.82, 2.24) is 9.88 Å². The van der Waals surface area contributed by atoms with Crippen LogP contribution in [0.5, 0.6) is 0 Å². The first kappa shape index (κ1) is 16.6. The first-order valence-corrected chi connectivity index (χ1v) is 7.73. The van der Waals surface area contributed by atoms with Crippen LogP contribution in [0, 0.1) is 15.9 Å². The van der Waals surface area contributed by atoms with Crippen molar-refractivity contribution in [3.63, 3.8) is 0 Å². The summed E-state index contributed by atoms with van der Waals surface area (Å²) in [6, 6.07) is 9.15. The van der Waals surface area contributed by atoms with Crippen molar-refractivity contribution in [1.29, 1.82) is 0 Å². The molecule has 0 atom stereocenters. The summed E-state index contributed by atoms with van der Waals surface area (Å²) < 4.78 is 13.0. The molecule has 1 fully saturated rings. The van der Waals surface area contributed by atoms with Crippen LogP contribution < -0.4 is 10.6 Å². The van der Waals surface area contributed by atoms with E-state index in [4.69, 9.17) is 5.73 Å². The molecule has 0 amide bonds. The molecule has 1 saturated heterocycles. The van der Waals surface area contributed by atoms with Gasteiger partial charge in [0.2, 0.25) is 5.82 Å². The average Bonchev–Trinajstić information content (AvgIpc) is 2.63. The molecule has 1 aliphatic heterocycles. The molecule has 2 N–H and O–H groups in total. The monoisotopic (exact) mass is 344 g/mol. The zero-order valence-electron chi connectivity index (χ0n) is 13.4. The lowest BCUT2D eigenvalue weighted by atomic mass is 10.2. The molecule has 0 saturated carbocycles. The summed E-state index contributed by atoms with van der Waals surface area (Å²) >= 11 is 0. The largest absolute Gasteiger partial charge is 0.369 e. The highest BCUT2D eigenvalue weighted by Gasteiger charge is 2.20. The molecule has 0 unspecified atom stereocenters. The van der Waals surface area contributed by atoms with E-state index in [2.05, 4.69) is 14.9 Å². The molecule has 8 nitrogen and oxygen atoms in total. The van der Waals surface area contributed by atoms with Crippen LogP contribution in [0.3, 0.4) is 0 Å². The minimum absolute atomic E-state index is 0.00837. The van der Waals surface area contributed by atoms with Crippen LogP contribution in [0.1, 0.15) is 0 Å². The maximum absolute atomic E-state index is 13.0. The maximum atomic E-state index is 13.0. The van der Waals surface area contributed by atoms with Gasteiger partial charge in [-0.05, 0) is 30.3 Å². The van der Waals surface area contributed by atoms with Crippen LogP contribution in [0.2, 0.25) is 0 Å². The molecule has 25 heavy (non-hydrogen) atoms. The Morgan fingerprint density at radius 3 is 2.52 bits per heavy atom. The number of anilines is 1. The standard InChI is InChI=1S/C16H17FN6O2/c17-12-3-5-13(6-4-12)21-8-10-22(11-9-21)16(18)20-15-14(23(24)25)2-1-7-19-15/h1-7H,8-11H2,(H2,18,19,20). The summed E-state index contributed by atoms with van der Waals surface area (Å²) in [5.41, 5.74) is 6.76. The van der Waals surface area contributed by atoms with Gasteiger partial charge < -0.3 is 15.5 Å². The zero-order chi connectivity index (χ0) is 17.8. The van der Waals surface area contributed by atoms with E-state index in [0.717, 1.165) is 5.69 Å². The molecule has 0 radical (unpaired) electrons. The number of benzene rings is 1. The second-order valence-corrected chi connectivity index (χ2v) is 5.52. The Kier molecular flexibility index (Phi) is 4.73. The molecule has 2 aromatic rings. The molecule has 1 aromatic carbocycles. The van der Waals surface area contributed by atoms with Crippen molar-refractivity contribution in [2.75, 3.05) is 31.1 Å². The van der Waals surface area contributed by atoms with Crippen molar-refractivity contribution in [3.05, 3.63) is 58.5 Å². The van der Waals surface area contributed by atoms with Crippen LogP contribution in [-0.4, -0.2) is 46.9 Å². The Morgan fingerprint density at radius 1 is 1.20 bits per heavy atom. The van der Waals surface area contributed by atoms with E-state index >= 15 is 0 Å². The summed E-state index contributed by atoms with van der Waals surface area (Å²) in [5.74, 6) is -0.0813. The van der Waals surface area contributed by atoms with E-state index < -0.39 is 4.92 Å². The first-order chi connectivity index (χ1) is 12.0. The molecule has 0 aliphatic carbocycles. The van der Waals surface area contributed by atoms with E-state index in [9.17, 15) is 14.5 Å². The Hall–Kier alpha value is -3.23. The van der Waals surface area contributed by atoms with Gasteiger partial charge in [0.1, 0.15) is 5.82 Å². The molecule has 1 aromatic heterocycles. The number of aliphatic imine (C=N–C) groups is 1. The molecule has 0 bridgehead atoms. The van der Waals surface area contributed by atoms with Gasteiger partial charge in [0, 0.05) is 44.1 Å². The Balaban J connectivity index is 1.68. The third kappa shape index (κ3) is 3.82. The highest BCUT2D eigenvalue weighted by atomic mass is 19.1. The van der Waals surface area contributed by atoms with Crippen molar-refractivity contribution in [3.8, 4) is 0 Å². The molecular weight excluding hydrogens is 327 g/mol. The Bertz CT molecular complexity index is 787. The third-order valence-electron chi connectivity index (χ3n) is 3.98. The molecule has 3 rings (SSSR count). The predicted octanol–water partition coefficient (Wildman–Crippen LogP) is 1.90. The highest BCUT2D eigenvalue weighted by molar-refractivity contribution is 5.82. The minimum atomic E-state index is -0.536. The number of aromatic nitrogens is 1. The van der Waals surface area contributed by atoms with E-state index in [1.807, 2.05) is 4.90 Å². The molecule has 0 spiro atoms. The van der Waals surface area contributed by atoms with Crippen molar-refractivity contribution >= 4 is 23.2 Å². The lowest BCUT2D eigenvalue weighted by Gasteiger charge is -2.36. The first-order valence-electron chi connectivity index (χ1n) is 7.73. The van der Waals surface area contributed by atoms with E-state index in [1.165, 1.54) is 30.5 Å². The summed E-state index contributed by atoms with van der Waals surface area (Å²) in [6.45, 7) is 2.58. The average molecular weight is 344 g/mol. The number of piperazine rings is 1. The molecule has 1 aliphatic rings. The number of hydrogen-bond acceptors (Lipinski definition) is 5. The summed E-state index contributed by atoms with van der Waals surface area (Å²) in [6.07, 6.45) is 1.44. The van der Waals surface area contributed by atoms with E-state index in [1.54, 1.807) is 12.1 Å². The fourth-order valence-corrected chi connectivity index (χ4v) is 2.64. The number of hydrogen-bond donors (Lipinski definition) is 1. The smallest absolute Gasteiger partial charge is 0.313 e. The topological polar surface area (TPSA) is 101 Å². The van der Waals surface area contributed by atoms with E-state index in [0.29, 0.717) is 26.2 Å². The van der Waals surface area contributed by atoms with E-state index in [-0.39, 0.29) is 23.3 Å². The zero-order valence-corrected chi connectivity index (χ0v) is 13.4. The van der Waals surface area contributed by atoms with Gasteiger partial charge in [-0.15, -0.1) is 0 Å². The van der Waals surface area contributed by atoms with Crippen LogP contribution >= 0.6 is 0 Å². The van der Waals surface area contributed by atoms with Gasteiger partial charge in [0.05, 0.1) is 4.92 Å². The normalized spacial score (nSPS) is 15.3. The number of pyridine rings is 1. The molecule has 9 heteroatoms.